The van der Waals surface area contributed by atoms with Gasteiger partial charge in [0, 0.05) is 18.8 Å². The number of ketones is 1. The Morgan fingerprint density at radius 3 is 2.19 bits per heavy atom. The van der Waals surface area contributed by atoms with Crippen molar-refractivity contribution in [3.05, 3.63) is 0 Å². The summed E-state index contributed by atoms with van der Waals surface area (Å²) in [6.45, 7) is 9.95. The average molecular weight is 389 g/mol. The first kappa shape index (κ1) is 28.3. The van der Waals surface area contributed by atoms with E-state index < -0.39 is 12.1 Å². The van der Waals surface area contributed by atoms with Crippen LogP contribution in [0.15, 0.2) is 0 Å². The fourth-order valence-electron chi connectivity index (χ4n) is 3.57. The molecule has 27 heavy (non-hydrogen) atoms. The number of hydrogen-bond donors (Lipinski definition) is 3. The van der Waals surface area contributed by atoms with Gasteiger partial charge in [0.2, 0.25) is 0 Å². The van der Waals surface area contributed by atoms with E-state index in [9.17, 15) is 19.8 Å². The van der Waals surface area contributed by atoms with Gasteiger partial charge in [-0.15, -0.1) is 0 Å². The van der Waals surface area contributed by atoms with E-state index in [0.717, 1.165) is 51.4 Å². The lowest BCUT2D eigenvalue weighted by molar-refractivity contribution is -0.137. The second-order valence-corrected chi connectivity index (χ2v) is 6.85. The van der Waals surface area contributed by atoms with Crippen molar-refractivity contribution in [1.29, 1.82) is 0 Å². The van der Waals surface area contributed by atoms with Gasteiger partial charge in [0.1, 0.15) is 5.78 Å². The lowest BCUT2D eigenvalue weighted by Gasteiger charge is -2.21. The number of carboxylic acid groups (broad SMARTS) is 1. The number of rotatable bonds is 12. The predicted molar refractivity (Wildman–Crippen MR) is 111 cm³/mol. The Balaban J connectivity index is 0. The van der Waals surface area contributed by atoms with Gasteiger partial charge >= 0.3 is 5.97 Å². The quantitative estimate of drug-likeness (QED) is 0.410. The number of hydrogen-bond acceptors (Lipinski definition) is 4. The van der Waals surface area contributed by atoms with Gasteiger partial charge in [-0.2, -0.15) is 0 Å². The molecular weight excluding hydrogens is 344 g/mol. The Morgan fingerprint density at radius 1 is 1.04 bits per heavy atom. The molecular formula is C22H44O5. The Labute approximate surface area is 166 Å². The van der Waals surface area contributed by atoms with Gasteiger partial charge < -0.3 is 15.3 Å². The molecule has 0 aromatic carbocycles. The summed E-state index contributed by atoms with van der Waals surface area (Å²) in [7, 11) is 0. The summed E-state index contributed by atoms with van der Waals surface area (Å²) in [5.41, 5.74) is 0. The van der Waals surface area contributed by atoms with Gasteiger partial charge in [-0.25, -0.2) is 0 Å². The zero-order valence-electron chi connectivity index (χ0n) is 18.2. The molecule has 0 aromatic rings. The molecule has 1 rings (SSSR count). The summed E-state index contributed by atoms with van der Waals surface area (Å²) in [5, 5.41) is 28.3. The van der Waals surface area contributed by atoms with E-state index in [0.29, 0.717) is 6.42 Å². The molecule has 4 unspecified atom stereocenters. The highest BCUT2D eigenvalue weighted by Crippen LogP contribution is 2.36. The monoisotopic (exact) mass is 388 g/mol. The standard InChI is InChI=1S/C18H32O5.2C2H6/c1-2-13(19)8-7-10-15-14(16(20)12-17(15)21)9-5-3-4-6-11-18(22)23;2*1-2/h13-15,17,19,21H,2-12H2,1H3,(H,22,23);2*1-2H3. The van der Waals surface area contributed by atoms with Crippen LogP contribution in [0.5, 0.6) is 0 Å². The van der Waals surface area contributed by atoms with Crippen molar-refractivity contribution in [2.24, 2.45) is 11.8 Å². The number of carbonyl (C=O) groups excluding carboxylic acids is 1. The molecule has 0 spiro atoms. The van der Waals surface area contributed by atoms with E-state index in [4.69, 9.17) is 5.11 Å². The SMILES string of the molecule is CC.CC.CCC(O)CCCC1C(O)CC(=O)C1CCCCCCC(=O)O. The molecule has 1 aliphatic carbocycles. The van der Waals surface area contributed by atoms with Crippen LogP contribution in [-0.2, 0) is 9.59 Å². The molecule has 0 radical (unpaired) electrons. The minimum atomic E-state index is -0.756. The van der Waals surface area contributed by atoms with Gasteiger partial charge in [0.05, 0.1) is 12.2 Å². The van der Waals surface area contributed by atoms with Crippen molar-refractivity contribution >= 4 is 11.8 Å². The van der Waals surface area contributed by atoms with E-state index in [2.05, 4.69) is 0 Å². The third-order valence-electron chi connectivity index (χ3n) is 5.04. The Morgan fingerprint density at radius 2 is 1.63 bits per heavy atom. The highest BCUT2D eigenvalue weighted by molar-refractivity contribution is 5.84. The summed E-state index contributed by atoms with van der Waals surface area (Å²) in [4.78, 5) is 22.5. The van der Waals surface area contributed by atoms with Crippen LogP contribution in [0.2, 0.25) is 0 Å². The van der Waals surface area contributed by atoms with Gasteiger partial charge in [-0.1, -0.05) is 60.3 Å². The second-order valence-electron chi connectivity index (χ2n) is 6.85. The third kappa shape index (κ3) is 13.0. The zero-order valence-corrected chi connectivity index (χ0v) is 18.2. The summed E-state index contributed by atoms with van der Waals surface area (Å²) < 4.78 is 0. The predicted octanol–water partition coefficient (Wildman–Crippen LogP) is 4.97. The number of unbranched alkanes of at least 4 members (excludes halogenated alkanes) is 3. The van der Waals surface area contributed by atoms with Crippen LogP contribution in [0.25, 0.3) is 0 Å². The molecule has 0 amide bonds. The van der Waals surface area contributed by atoms with Crippen LogP contribution in [-0.4, -0.2) is 39.3 Å². The minimum Gasteiger partial charge on any atom is -0.481 e. The summed E-state index contributed by atoms with van der Waals surface area (Å²) >= 11 is 0. The van der Waals surface area contributed by atoms with Gasteiger partial charge in [0.15, 0.2) is 0 Å². The molecule has 0 aromatic heterocycles. The molecule has 4 atom stereocenters. The van der Waals surface area contributed by atoms with Gasteiger partial charge in [0.25, 0.3) is 0 Å². The molecule has 5 nitrogen and oxygen atoms in total. The van der Waals surface area contributed by atoms with E-state index in [1.807, 2.05) is 34.6 Å². The molecule has 3 N–H and O–H groups in total. The molecule has 0 heterocycles. The number of carboxylic acids is 1. The van der Waals surface area contributed by atoms with Crippen molar-refractivity contribution < 1.29 is 24.9 Å². The Bertz CT molecular complexity index is 370. The van der Waals surface area contributed by atoms with E-state index in [1.165, 1.54) is 0 Å². The average Bonchev–Trinajstić information content (AvgIpc) is 2.94. The number of carbonyl (C=O) groups is 2. The normalized spacial score (nSPS) is 22.3. The molecule has 0 aliphatic heterocycles. The minimum absolute atomic E-state index is 0.0329. The smallest absolute Gasteiger partial charge is 0.303 e. The summed E-state index contributed by atoms with van der Waals surface area (Å²) in [5.74, 6) is -0.605. The number of Topliss-reactive ketones (excluding diaryl/α,β-unsaturated/α-hetero) is 1. The summed E-state index contributed by atoms with van der Waals surface area (Å²) in [6, 6.07) is 0. The molecule has 0 bridgehead atoms. The first-order chi connectivity index (χ1) is 13.0. The van der Waals surface area contributed by atoms with E-state index in [1.54, 1.807) is 0 Å². The topological polar surface area (TPSA) is 94.8 Å². The highest BCUT2D eigenvalue weighted by Gasteiger charge is 2.40. The van der Waals surface area contributed by atoms with Crippen molar-refractivity contribution in [3.8, 4) is 0 Å². The highest BCUT2D eigenvalue weighted by atomic mass is 16.4. The van der Waals surface area contributed by atoms with Crippen molar-refractivity contribution in [3.63, 3.8) is 0 Å². The summed E-state index contributed by atoms with van der Waals surface area (Å²) in [6.07, 6.45) is 7.01. The van der Waals surface area contributed by atoms with Crippen molar-refractivity contribution in [1.82, 2.24) is 0 Å². The molecule has 0 saturated heterocycles. The maximum Gasteiger partial charge on any atom is 0.303 e. The first-order valence-electron chi connectivity index (χ1n) is 11.1. The number of aliphatic hydroxyl groups excluding tert-OH is 2. The van der Waals surface area contributed by atoms with Crippen LogP contribution < -0.4 is 0 Å². The van der Waals surface area contributed by atoms with Gasteiger partial charge in [-0.05, 0) is 38.0 Å². The maximum absolute atomic E-state index is 12.1. The van der Waals surface area contributed by atoms with Crippen LogP contribution in [0.3, 0.4) is 0 Å². The second kappa shape index (κ2) is 18.4. The van der Waals surface area contributed by atoms with Crippen LogP contribution >= 0.6 is 0 Å². The number of aliphatic hydroxyl groups is 2. The maximum atomic E-state index is 12.1. The van der Waals surface area contributed by atoms with Crippen LogP contribution in [0.4, 0.5) is 0 Å². The number of aliphatic carboxylic acids is 1. The van der Waals surface area contributed by atoms with Gasteiger partial charge in [-0.3, -0.25) is 9.59 Å². The Kier molecular flexibility index (Phi) is 19.3. The molecule has 5 heteroatoms. The third-order valence-corrected chi connectivity index (χ3v) is 5.04. The fourth-order valence-corrected chi connectivity index (χ4v) is 3.57. The van der Waals surface area contributed by atoms with E-state index >= 15 is 0 Å². The largest absolute Gasteiger partial charge is 0.481 e. The fraction of sp³-hybridized carbons (Fsp3) is 0.909. The van der Waals surface area contributed by atoms with E-state index in [-0.39, 0.29) is 36.6 Å². The lowest BCUT2D eigenvalue weighted by Crippen LogP contribution is -2.21. The lowest BCUT2D eigenvalue weighted by atomic mass is 9.85. The molecule has 1 fully saturated rings. The molecule has 1 aliphatic rings. The van der Waals surface area contributed by atoms with Crippen molar-refractivity contribution in [2.75, 3.05) is 0 Å². The van der Waals surface area contributed by atoms with Crippen molar-refractivity contribution in [2.45, 2.75) is 117 Å². The molecule has 162 valence electrons. The Hall–Kier alpha value is -0.940. The zero-order chi connectivity index (χ0) is 21.2. The first-order valence-corrected chi connectivity index (χ1v) is 11.1. The van der Waals surface area contributed by atoms with Crippen LogP contribution in [0, 0.1) is 11.8 Å². The van der Waals surface area contributed by atoms with Crippen LogP contribution in [0.1, 0.15) is 105 Å². The molecule has 1 saturated carbocycles.